The first-order chi connectivity index (χ1) is 15.8. The number of aromatic nitrogens is 5. The molecule has 5 rings (SSSR count). The van der Waals surface area contributed by atoms with Gasteiger partial charge in [-0.1, -0.05) is 11.8 Å². The minimum Gasteiger partial charge on any atom is -0.294 e. The van der Waals surface area contributed by atoms with Crippen LogP contribution in [0.5, 0.6) is 0 Å². The summed E-state index contributed by atoms with van der Waals surface area (Å²) in [6, 6.07) is 5.69. The van der Waals surface area contributed by atoms with E-state index in [-0.39, 0.29) is 11.5 Å². The predicted octanol–water partition coefficient (Wildman–Crippen LogP) is 3.19. The van der Waals surface area contributed by atoms with Crippen molar-refractivity contribution >= 4 is 17.5 Å². The van der Waals surface area contributed by atoms with Crippen molar-refractivity contribution in [1.82, 2.24) is 19.6 Å². The zero-order chi connectivity index (χ0) is 23.3. The smallest absolute Gasteiger partial charge is 0.259 e. The molecule has 0 saturated carbocycles. The van der Waals surface area contributed by atoms with Crippen molar-refractivity contribution in [3.8, 4) is 23.1 Å². The van der Waals surface area contributed by atoms with Crippen LogP contribution in [0.3, 0.4) is 0 Å². The number of pyridine rings is 1. The van der Waals surface area contributed by atoms with Gasteiger partial charge in [0.1, 0.15) is 11.2 Å². The molecule has 164 valence electrons. The molecule has 0 aliphatic carbocycles. The molecule has 9 heteroatoms. The van der Waals surface area contributed by atoms with Crippen molar-refractivity contribution in [2.24, 2.45) is 7.05 Å². The summed E-state index contributed by atoms with van der Waals surface area (Å²) in [7, 11) is 1.83. The number of nitrogens with one attached hydrogen (secondary N) is 1. The average molecular weight is 445 g/mol. The van der Waals surface area contributed by atoms with Crippen molar-refractivity contribution in [1.29, 1.82) is 0 Å². The SMILES string of the molecule is C[n+]1cc(-c2cnc3n2C(C)(C)C(=O)N3c2c(F)cc(C#Cc3cccnc3)cc2F)c[nH]1. The van der Waals surface area contributed by atoms with Crippen molar-refractivity contribution < 1.29 is 18.3 Å². The number of rotatable bonds is 2. The highest BCUT2D eigenvalue weighted by Crippen LogP contribution is 2.44. The molecule has 33 heavy (non-hydrogen) atoms. The zero-order valence-corrected chi connectivity index (χ0v) is 18.1. The molecule has 1 aliphatic heterocycles. The number of fused-ring (bicyclic) bond motifs is 1. The molecule has 0 radical (unpaired) electrons. The van der Waals surface area contributed by atoms with E-state index >= 15 is 8.78 Å². The largest absolute Gasteiger partial charge is 0.294 e. The molecule has 4 aromatic rings. The van der Waals surface area contributed by atoms with Gasteiger partial charge in [0, 0.05) is 23.5 Å². The fourth-order valence-corrected chi connectivity index (χ4v) is 3.94. The zero-order valence-electron chi connectivity index (χ0n) is 18.1. The minimum absolute atomic E-state index is 0.146. The highest BCUT2D eigenvalue weighted by Gasteiger charge is 2.48. The first kappa shape index (κ1) is 20.6. The summed E-state index contributed by atoms with van der Waals surface area (Å²) in [4.78, 5) is 22.6. The molecular formula is C24H19F2N6O+. The number of anilines is 2. The number of halogens is 2. The molecule has 0 bridgehead atoms. The van der Waals surface area contributed by atoms with Crippen LogP contribution in [0.25, 0.3) is 11.3 Å². The average Bonchev–Trinajstić information content (AvgIpc) is 3.45. The molecule has 0 unspecified atom stereocenters. The van der Waals surface area contributed by atoms with E-state index in [0.717, 1.165) is 22.6 Å². The second-order valence-corrected chi connectivity index (χ2v) is 8.23. The number of hydrogen-bond acceptors (Lipinski definition) is 3. The summed E-state index contributed by atoms with van der Waals surface area (Å²) in [6.07, 6.45) is 8.36. The highest BCUT2D eigenvalue weighted by molar-refractivity contribution is 6.07. The number of benzene rings is 1. The van der Waals surface area contributed by atoms with Gasteiger partial charge in [-0.2, -0.15) is 5.10 Å². The molecule has 7 nitrogen and oxygen atoms in total. The van der Waals surface area contributed by atoms with Gasteiger partial charge in [-0.15, -0.1) is 4.68 Å². The van der Waals surface area contributed by atoms with Crippen LogP contribution in [-0.2, 0) is 17.4 Å². The van der Waals surface area contributed by atoms with Gasteiger partial charge in [0.25, 0.3) is 5.91 Å². The number of imidazole rings is 1. The lowest BCUT2D eigenvalue weighted by Crippen LogP contribution is -2.37. The Bertz CT molecular complexity index is 1440. The van der Waals surface area contributed by atoms with Crippen LogP contribution in [0, 0.1) is 23.5 Å². The standard InChI is InChI=1S/C24H18F2N6O/c1-24(2)22(33)31(23-28-13-20(32(23)24)17-12-29-30(3)14-17)21-18(25)9-16(10-19(21)26)7-6-15-5-4-8-27-11-15/h4-5,8-14H,1-3H3/p+1. The Balaban J connectivity index is 1.59. The summed E-state index contributed by atoms with van der Waals surface area (Å²) in [5.74, 6) is 3.41. The van der Waals surface area contributed by atoms with Crippen LogP contribution in [0.2, 0.25) is 0 Å². The Kier molecular flexibility index (Phi) is 4.60. The van der Waals surface area contributed by atoms with Gasteiger partial charge >= 0.3 is 0 Å². The number of aryl methyl sites for hydroxylation is 1. The maximum atomic E-state index is 15.2. The van der Waals surface area contributed by atoms with Crippen LogP contribution in [0.4, 0.5) is 20.4 Å². The van der Waals surface area contributed by atoms with Crippen molar-refractivity contribution in [2.45, 2.75) is 19.4 Å². The maximum absolute atomic E-state index is 15.2. The van der Waals surface area contributed by atoms with Crippen molar-refractivity contribution in [3.05, 3.63) is 78.0 Å². The number of carbonyl (C=O) groups is 1. The van der Waals surface area contributed by atoms with Gasteiger partial charge in [-0.25, -0.2) is 18.7 Å². The van der Waals surface area contributed by atoms with Gasteiger partial charge in [0.05, 0.1) is 23.7 Å². The summed E-state index contributed by atoms with van der Waals surface area (Å²) in [6.45, 7) is 3.39. The molecule has 0 fully saturated rings. The molecule has 1 N–H and O–H groups in total. The van der Waals surface area contributed by atoms with E-state index in [4.69, 9.17) is 0 Å². The number of amides is 1. The summed E-state index contributed by atoms with van der Waals surface area (Å²) < 4.78 is 33.8. The quantitative estimate of drug-likeness (QED) is 0.381. The summed E-state index contributed by atoms with van der Waals surface area (Å²) in [5, 5.41) is 3.02. The Labute approximate surface area is 188 Å². The van der Waals surface area contributed by atoms with Crippen LogP contribution >= 0.6 is 0 Å². The minimum atomic E-state index is -1.10. The molecule has 0 atom stereocenters. The Morgan fingerprint density at radius 3 is 2.48 bits per heavy atom. The van der Waals surface area contributed by atoms with Gasteiger partial charge in [0.15, 0.2) is 18.7 Å². The third kappa shape index (κ3) is 3.27. The normalized spacial score (nSPS) is 14.2. The van der Waals surface area contributed by atoms with E-state index in [1.165, 1.54) is 0 Å². The summed E-state index contributed by atoms with van der Waals surface area (Å²) >= 11 is 0. The first-order valence-corrected chi connectivity index (χ1v) is 10.2. The lowest BCUT2D eigenvalue weighted by atomic mass is 10.0. The molecule has 0 saturated heterocycles. The van der Waals surface area contributed by atoms with Gasteiger partial charge in [-0.05, 0) is 38.1 Å². The topological polar surface area (TPSA) is 70.7 Å². The second kappa shape index (κ2) is 7.38. The van der Waals surface area contributed by atoms with Crippen molar-refractivity contribution in [2.75, 3.05) is 4.90 Å². The number of aromatic amines is 1. The van der Waals surface area contributed by atoms with E-state index < -0.39 is 28.8 Å². The molecule has 1 amide bonds. The van der Waals surface area contributed by atoms with Gasteiger partial charge in [0.2, 0.25) is 12.1 Å². The van der Waals surface area contributed by atoms with Crippen LogP contribution in [-0.4, -0.2) is 25.5 Å². The van der Waals surface area contributed by atoms with Gasteiger partial charge in [-0.3, -0.25) is 14.3 Å². The van der Waals surface area contributed by atoms with Crippen molar-refractivity contribution in [3.63, 3.8) is 0 Å². The molecule has 1 aromatic carbocycles. The molecular weight excluding hydrogens is 426 g/mol. The second-order valence-electron chi connectivity index (χ2n) is 8.23. The lowest BCUT2D eigenvalue weighted by molar-refractivity contribution is -0.726. The third-order valence-corrected chi connectivity index (χ3v) is 5.53. The Morgan fingerprint density at radius 1 is 1.12 bits per heavy atom. The Morgan fingerprint density at radius 2 is 1.85 bits per heavy atom. The Hall–Kier alpha value is -4.32. The lowest BCUT2D eigenvalue weighted by Gasteiger charge is -2.21. The molecule has 4 heterocycles. The van der Waals surface area contributed by atoms with Gasteiger partial charge < -0.3 is 0 Å². The number of hydrogen-bond donors (Lipinski definition) is 1. The number of carbonyl (C=O) groups excluding carboxylic acids is 1. The summed E-state index contributed by atoms with van der Waals surface area (Å²) in [5.41, 5.74) is 0.632. The van der Waals surface area contributed by atoms with Crippen LogP contribution in [0.15, 0.2) is 55.2 Å². The van der Waals surface area contributed by atoms with Crippen LogP contribution < -0.4 is 9.58 Å². The maximum Gasteiger partial charge on any atom is 0.259 e. The highest BCUT2D eigenvalue weighted by atomic mass is 19.1. The number of nitrogens with zero attached hydrogens (tertiary/aromatic N) is 5. The van der Waals surface area contributed by atoms with E-state index in [0.29, 0.717) is 11.3 Å². The molecule has 1 aliphatic rings. The van der Waals surface area contributed by atoms with E-state index in [9.17, 15) is 4.79 Å². The first-order valence-electron chi connectivity index (χ1n) is 10.2. The fourth-order valence-electron chi connectivity index (χ4n) is 3.94. The number of H-pyrrole nitrogens is 1. The van der Waals surface area contributed by atoms with Crippen LogP contribution in [0.1, 0.15) is 25.0 Å². The van der Waals surface area contributed by atoms with E-state index in [1.54, 1.807) is 60.0 Å². The monoisotopic (exact) mass is 445 g/mol. The third-order valence-electron chi connectivity index (χ3n) is 5.53. The predicted molar refractivity (Wildman–Crippen MR) is 116 cm³/mol. The van der Waals surface area contributed by atoms with E-state index in [2.05, 4.69) is 26.9 Å². The fraction of sp³-hybridized carbons (Fsp3) is 0.167. The van der Waals surface area contributed by atoms with E-state index in [1.807, 2.05) is 13.2 Å². The molecule has 0 spiro atoms. The molecule has 3 aromatic heterocycles.